The molecule has 8 heteroatoms. The third kappa shape index (κ3) is 3.30. The summed E-state index contributed by atoms with van der Waals surface area (Å²) in [4.78, 5) is 14.6. The number of carbonyl (C=O) groups excluding carboxylic acids is 1. The van der Waals surface area contributed by atoms with E-state index in [0.717, 1.165) is 5.56 Å². The number of amides is 1. The number of aromatic hydroxyl groups is 1. The molecule has 2 heterocycles. The second-order valence-corrected chi connectivity index (χ2v) is 8.53. The van der Waals surface area contributed by atoms with Gasteiger partial charge in [0.15, 0.2) is 17.2 Å². The van der Waals surface area contributed by atoms with Gasteiger partial charge in [-0.15, -0.1) is 11.8 Å². The van der Waals surface area contributed by atoms with Gasteiger partial charge in [0.1, 0.15) is 0 Å². The van der Waals surface area contributed by atoms with Gasteiger partial charge >= 0.3 is 0 Å². The molecule has 2 N–H and O–H groups in total. The smallest absolute Gasteiger partial charge is 0.231 e. The van der Waals surface area contributed by atoms with E-state index in [1.807, 2.05) is 19.1 Å². The molecule has 1 saturated heterocycles. The van der Waals surface area contributed by atoms with Gasteiger partial charge in [-0.25, -0.2) is 0 Å². The fraction of sp³-hybridized carbons (Fsp3) is 0.304. The Labute approximate surface area is 184 Å². The van der Waals surface area contributed by atoms with Crippen LogP contribution in [0.4, 0.5) is 0 Å². The van der Waals surface area contributed by atoms with Crippen LogP contribution >= 0.6 is 11.8 Å². The molecular weight excluding hydrogens is 416 g/mol. The molecule has 4 rings (SSSR count). The Balaban J connectivity index is 1.82. The Morgan fingerprint density at radius 1 is 1.19 bits per heavy atom. The van der Waals surface area contributed by atoms with E-state index < -0.39 is 11.6 Å². The largest absolute Gasteiger partial charge is 0.502 e. The van der Waals surface area contributed by atoms with Crippen molar-refractivity contribution in [1.29, 1.82) is 5.26 Å². The summed E-state index contributed by atoms with van der Waals surface area (Å²) in [5.41, 5.74) is 1.16. The SMILES string of the molecule is COc1cc([C@@H]2CC(=O)N3C(=C2C#N)SC[C@@]3(O)c2ccc(C)cc2)cc(OC)c1O. The zero-order valence-corrected chi connectivity index (χ0v) is 18.2. The van der Waals surface area contributed by atoms with E-state index in [1.165, 1.54) is 30.9 Å². The molecular formula is C23H22N2O5S. The molecule has 0 aromatic heterocycles. The number of rotatable bonds is 4. The first-order chi connectivity index (χ1) is 14.8. The first-order valence-electron chi connectivity index (χ1n) is 9.68. The van der Waals surface area contributed by atoms with E-state index in [-0.39, 0.29) is 35.3 Å². The van der Waals surface area contributed by atoms with Crippen LogP contribution in [-0.2, 0) is 10.5 Å². The highest BCUT2D eigenvalue weighted by atomic mass is 32.2. The van der Waals surface area contributed by atoms with Crippen molar-refractivity contribution in [2.45, 2.75) is 25.0 Å². The molecule has 0 spiro atoms. The Kier molecular flexibility index (Phi) is 5.33. The summed E-state index contributed by atoms with van der Waals surface area (Å²) in [6.45, 7) is 1.95. The lowest BCUT2D eigenvalue weighted by Crippen LogP contribution is -2.48. The van der Waals surface area contributed by atoms with Gasteiger partial charge < -0.3 is 19.7 Å². The number of benzene rings is 2. The van der Waals surface area contributed by atoms with Gasteiger partial charge in [-0.3, -0.25) is 9.69 Å². The second-order valence-electron chi connectivity index (χ2n) is 7.56. The monoisotopic (exact) mass is 438 g/mol. The van der Waals surface area contributed by atoms with Gasteiger partial charge in [0.25, 0.3) is 0 Å². The molecule has 160 valence electrons. The highest BCUT2D eigenvalue weighted by Crippen LogP contribution is 2.52. The van der Waals surface area contributed by atoms with Crippen LogP contribution in [0.1, 0.15) is 29.0 Å². The zero-order chi connectivity index (χ0) is 22.3. The van der Waals surface area contributed by atoms with Crippen molar-refractivity contribution < 1.29 is 24.5 Å². The Morgan fingerprint density at radius 3 is 2.35 bits per heavy atom. The lowest BCUT2D eigenvalue weighted by atomic mass is 9.85. The first kappa shape index (κ1) is 21.1. The first-order valence-corrected chi connectivity index (χ1v) is 10.7. The van der Waals surface area contributed by atoms with E-state index in [0.29, 0.717) is 21.7 Å². The molecule has 2 aromatic carbocycles. The summed E-state index contributed by atoms with van der Waals surface area (Å²) in [6, 6.07) is 12.8. The molecule has 1 fully saturated rings. The molecule has 2 atom stereocenters. The molecule has 0 saturated carbocycles. The van der Waals surface area contributed by atoms with Gasteiger partial charge in [0.2, 0.25) is 11.7 Å². The van der Waals surface area contributed by atoms with Gasteiger partial charge in [-0.2, -0.15) is 5.26 Å². The number of carbonyl (C=O) groups is 1. The standard InChI is InChI=1S/C23H22N2O5S/c1-13-4-6-15(7-5-13)23(28)12-31-22-17(11-24)16(10-20(26)25(22)23)14-8-18(29-2)21(27)19(9-14)30-3/h4-9,16,27-28H,10,12H2,1-3H3/t16-,23+/m0/s1. The maximum Gasteiger partial charge on any atom is 0.231 e. The summed E-state index contributed by atoms with van der Waals surface area (Å²) in [5, 5.41) is 32.1. The molecule has 0 radical (unpaired) electrons. The number of allylic oxidation sites excluding steroid dienone is 1. The Hall–Kier alpha value is -3.15. The number of aliphatic hydroxyl groups is 1. The summed E-state index contributed by atoms with van der Waals surface area (Å²) in [6.07, 6.45) is -0.00178. The quantitative estimate of drug-likeness (QED) is 0.754. The number of phenolic OH excluding ortho intramolecular Hbond substituents is 1. The topological polar surface area (TPSA) is 103 Å². The highest BCUT2D eigenvalue weighted by Gasteiger charge is 2.51. The summed E-state index contributed by atoms with van der Waals surface area (Å²) >= 11 is 1.29. The molecule has 2 aliphatic heterocycles. The van der Waals surface area contributed by atoms with Crippen LogP contribution in [0.5, 0.6) is 17.2 Å². The molecule has 1 amide bonds. The van der Waals surface area contributed by atoms with Crippen molar-refractivity contribution in [1.82, 2.24) is 4.90 Å². The molecule has 31 heavy (non-hydrogen) atoms. The van der Waals surface area contributed by atoms with Crippen LogP contribution in [0.2, 0.25) is 0 Å². The number of ether oxygens (including phenoxy) is 2. The van der Waals surface area contributed by atoms with Crippen LogP contribution in [0.15, 0.2) is 47.0 Å². The van der Waals surface area contributed by atoms with Crippen LogP contribution in [0.3, 0.4) is 0 Å². The van der Waals surface area contributed by atoms with Crippen LogP contribution in [-0.4, -0.2) is 41.0 Å². The minimum absolute atomic E-state index is 0.00178. The predicted molar refractivity (Wildman–Crippen MR) is 116 cm³/mol. The van der Waals surface area contributed by atoms with Crippen molar-refractivity contribution >= 4 is 17.7 Å². The molecule has 0 unspecified atom stereocenters. The number of hydrogen-bond acceptors (Lipinski definition) is 7. The van der Waals surface area contributed by atoms with Crippen LogP contribution in [0, 0.1) is 18.3 Å². The van der Waals surface area contributed by atoms with Crippen molar-refractivity contribution in [3.63, 3.8) is 0 Å². The summed E-state index contributed by atoms with van der Waals surface area (Å²) < 4.78 is 10.5. The van der Waals surface area contributed by atoms with Gasteiger partial charge in [0, 0.05) is 17.9 Å². The number of nitriles is 1. The molecule has 2 aliphatic rings. The van der Waals surface area contributed by atoms with Gasteiger partial charge in [-0.05, 0) is 24.6 Å². The maximum absolute atomic E-state index is 13.2. The van der Waals surface area contributed by atoms with Crippen LogP contribution < -0.4 is 9.47 Å². The van der Waals surface area contributed by atoms with Crippen molar-refractivity contribution in [2.75, 3.05) is 20.0 Å². The molecule has 0 aliphatic carbocycles. The van der Waals surface area contributed by atoms with E-state index >= 15 is 0 Å². The van der Waals surface area contributed by atoms with Crippen molar-refractivity contribution in [3.05, 3.63) is 63.7 Å². The summed E-state index contributed by atoms with van der Waals surface area (Å²) in [7, 11) is 2.84. The Bertz CT molecular complexity index is 1100. The minimum Gasteiger partial charge on any atom is -0.502 e. The lowest BCUT2D eigenvalue weighted by Gasteiger charge is -2.38. The number of hydrogen-bond donors (Lipinski definition) is 2. The van der Waals surface area contributed by atoms with E-state index in [1.54, 1.807) is 24.3 Å². The second kappa shape index (κ2) is 7.84. The van der Waals surface area contributed by atoms with E-state index in [2.05, 4.69) is 6.07 Å². The average Bonchev–Trinajstić information content (AvgIpc) is 3.13. The fourth-order valence-corrected chi connectivity index (χ4v) is 5.42. The number of fused-ring (bicyclic) bond motifs is 1. The van der Waals surface area contributed by atoms with E-state index in [4.69, 9.17) is 9.47 Å². The normalized spacial score (nSPS) is 22.9. The highest BCUT2D eigenvalue weighted by molar-refractivity contribution is 8.03. The van der Waals surface area contributed by atoms with Crippen molar-refractivity contribution in [2.24, 2.45) is 0 Å². The average molecular weight is 439 g/mol. The van der Waals surface area contributed by atoms with Crippen LogP contribution in [0.25, 0.3) is 0 Å². The maximum atomic E-state index is 13.2. The lowest BCUT2D eigenvalue weighted by molar-refractivity contribution is -0.149. The van der Waals surface area contributed by atoms with E-state index in [9.17, 15) is 20.3 Å². The number of nitrogens with zero attached hydrogens (tertiary/aromatic N) is 2. The third-order valence-corrected chi connectivity index (χ3v) is 6.95. The Morgan fingerprint density at radius 2 is 1.81 bits per heavy atom. The zero-order valence-electron chi connectivity index (χ0n) is 17.4. The predicted octanol–water partition coefficient (Wildman–Crippen LogP) is 3.36. The number of phenols is 1. The number of thioether (sulfide) groups is 1. The minimum atomic E-state index is -1.51. The van der Waals surface area contributed by atoms with Crippen molar-refractivity contribution in [3.8, 4) is 23.3 Å². The fourth-order valence-electron chi connectivity index (χ4n) is 4.06. The third-order valence-electron chi connectivity index (χ3n) is 5.73. The number of methoxy groups -OCH3 is 2. The summed E-state index contributed by atoms with van der Waals surface area (Å²) in [5.74, 6) is -0.341. The molecule has 2 aromatic rings. The number of aryl methyl sites for hydroxylation is 1. The van der Waals surface area contributed by atoms with Gasteiger partial charge in [-0.1, -0.05) is 29.8 Å². The molecule has 0 bridgehead atoms. The molecule has 7 nitrogen and oxygen atoms in total. The van der Waals surface area contributed by atoms with Gasteiger partial charge in [0.05, 0.1) is 36.6 Å².